The maximum absolute atomic E-state index is 15.9. The number of anilines is 1. The zero-order valence-corrected chi connectivity index (χ0v) is 37.9. The molecule has 0 fully saturated rings. The summed E-state index contributed by atoms with van der Waals surface area (Å²) >= 11 is 12.2. The van der Waals surface area contributed by atoms with Gasteiger partial charge in [-0.05, 0) is 94.5 Å². The molecule has 0 spiro atoms. The molecule has 0 heterocycles. The fraction of sp³-hybridized carbons (Fsp3) is 0.511. The molecule has 3 aromatic rings. The molecule has 3 rings (SSSR count). The fourth-order valence-electron chi connectivity index (χ4n) is 6.08. The number of ether oxygens (including phenoxy) is 6. The minimum Gasteiger partial charge on any atom is -0.495 e. The highest BCUT2D eigenvalue weighted by molar-refractivity contribution is 6.31. The van der Waals surface area contributed by atoms with E-state index < -0.39 is 59.4 Å². The van der Waals surface area contributed by atoms with E-state index in [0.717, 1.165) is 6.07 Å². The molecular weight excluding hydrogens is 835 g/mol. The Kier molecular flexibility index (Phi) is 18.8. The highest BCUT2D eigenvalue weighted by atomic mass is 35.5. The van der Waals surface area contributed by atoms with E-state index in [4.69, 9.17) is 51.6 Å². The van der Waals surface area contributed by atoms with Gasteiger partial charge in [-0.2, -0.15) is 5.26 Å². The number of methoxy groups -OCH3 is 2. The molecule has 2 N–H and O–H groups in total. The summed E-state index contributed by atoms with van der Waals surface area (Å²) in [6.45, 7) is 15.7. The number of carbonyl (C=O) groups is 3. The van der Waals surface area contributed by atoms with Gasteiger partial charge in [0, 0.05) is 37.0 Å². The molecule has 0 aliphatic heterocycles. The van der Waals surface area contributed by atoms with Crippen molar-refractivity contribution in [2.45, 2.75) is 110 Å². The minimum absolute atomic E-state index is 0.0124. The van der Waals surface area contributed by atoms with Gasteiger partial charge in [-0.25, -0.2) is 18.4 Å². The topological polar surface area (TPSA) is 154 Å². The Morgan fingerprint density at radius 1 is 0.852 bits per heavy atom. The standard InChI is InChI=1S/C45H57Cl2F2N3O9/c1-27(61-42(55)58-22-19-45(7,8)59-23-20-44(5,6)57-10)60-41(54)28-14-17-35(36(24-28)56-9)52-40(53)39(51-21-18-43(2,3)4)37(31-12-11-13-33(47)38(31)49)32(26-50)30-16-15-29(46)25-34(30)48/h11-17,24-25,27,32,37,39,51H,18-23H2,1-10H3,(H,52,53). The van der Waals surface area contributed by atoms with Gasteiger partial charge in [0.25, 0.3) is 0 Å². The molecule has 4 atom stereocenters. The van der Waals surface area contributed by atoms with Crippen LogP contribution in [-0.2, 0) is 28.5 Å². The first kappa shape index (κ1) is 50.8. The third kappa shape index (κ3) is 15.7. The van der Waals surface area contributed by atoms with Crippen LogP contribution in [0.2, 0.25) is 10.0 Å². The van der Waals surface area contributed by atoms with Crippen molar-refractivity contribution in [2.75, 3.05) is 39.3 Å². The van der Waals surface area contributed by atoms with Crippen LogP contribution >= 0.6 is 23.2 Å². The van der Waals surface area contributed by atoms with Crippen molar-refractivity contribution < 1.29 is 51.6 Å². The quantitative estimate of drug-likeness (QED) is 0.0776. The number of esters is 1. The first-order valence-electron chi connectivity index (χ1n) is 19.8. The molecule has 334 valence electrons. The molecule has 0 aromatic heterocycles. The van der Waals surface area contributed by atoms with Crippen molar-refractivity contribution >= 4 is 46.9 Å². The van der Waals surface area contributed by atoms with Crippen molar-refractivity contribution in [3.05, 3.63) is 93.0 Å². The first-order valence-corrected chi connectivity index (χ1v) is 20.5. The number of nitrogens with one attached hydrogen (secondary N) is 2. The normalized spacial score (nSPS) is 13.9. The summed E-state index contributed by atoms with van der Waals surface area (Å²) in [5.74, 6) is -6.01. The Labute approximate surface area is 367 Å². The van der Waals surface area contributed by atoms with Gasteiger partial charge >= 0.3 is 12.1 Å². The van der Waals surface area contributed by atoms with Crippen LogP contribution in [0.4, 0.5) is 19.3 Å². The average molecular weight is 893 g/mol. The number of amides is 1. The molecular formula is C45H57Cl2F2N3O9. The molecule has 0 aliphatic rings. The predicted molar refractivity (Wildman–Crippen MR) is 229 cm³/mol. The lowest BCUT2D eigenvalue weighted by Gasteiger charge is -2.32. The van der Waals surface area contributed by atoms with E-state index in [1.54, 1.807) is 7.11 Å². The zero-order valence-electron chi connectivity index (χ0n) is 36.4. The van der Waals surface area contributed by atoms with Gasteiger partial charge in [-0.3, -0.25) is 4.79 Å². The number of benzene rings is 3. The van der Waals surface area contributed by atoms with Crippen LogP contribution in [0.25, 0.3) is 0 Å². The van der Waals surface area contributed by atoms with E-state index in [-0.39, 0.29) is 62.3 Å². The zero-order chi connectivity index (χ0) is 45.7. The molecule has 0 radical (unpaired) electrons. The predicted octanol–water partition coefficient (Wildman–Crippen LogP) is 10.4. The smallest absolute Gasteiger partial charge is 0.495 e. The van der Waals surface area contributed by atoms with Gasteiger partial charge in [-0.1, -0.05) is 62.2 Å². The van der Waals surface area contributed by atoms with E-state index in [1.165, 1.54) is 62.6 Å². The SMILES string of the molecule is COc1cc(C(=O)OC(C)OC(=O)OCCC(C)(C)OCCC(C)(C)OC)ccc1NC(=O)C(NCCC(C)(C)C)C(c1cccc(Cl)c1F)C(C#N)c1ccc(Cl)cc1F. The second-order valence-corrected chi connectivity index (χ2v) is 17.7. The molecule has 16 heteroatoms. The highest BCUT2D eigenvalue weighted by Gasteiger charge is 2.40. The van der Waals surface area contributed by atoms with E-state index >= 15 is 8.78 Å². The molecule has 61 heavy (non-hydrogen) atoms. The van der Waals surface area contributed by atoms with Crippen LogP contribution in [-0.4, -0.2) is 75.5 Å². The minimum atomic E-state index is -1.41. The fourth-order valence-corrected chi connectivity index (χ4v) is 6.42. The van der Waals surface area contributed by atoms with Crippen LogP contribution in [0, 0.1) is 28.4 Å². The number of hydrogen-bond acceptors (Lipinski definition) is 11. The molecule has 0 bridgehead atoms. The summed E-state index contributed by atoms with van der Waals surface area (Å²) in [6, 6.07) is 12.7. The lowest BCUT2D eigenvalue weighted by molar-refractivity contribution is -0.118. The number of rotatable bonds is 21. The Balaban J connectivity index is 1.82. The van der Waals surface area contributed by atoms with E-state index in [0.29, 0.717) is 25.9 Å². The van der Waals surface area contributed by atoms with Gasteiger partial charge in [0.15, 0.2) is 0 Å². The Bertz CT molecular complexity index is 2020. The van der Waals surface area contributed by atoms with Crippen LogP contribution < -0.4 is 15.4 Å². The third-order valence-corrected chi connectivity index (χ3v) is 10.4. The molecule has 0 saturated carbocycles. The second-order valence-electron chi connectivity index (χ2n) is 16.8. The number of nitrogens with zero attached hydrogens (tertiary/aromatic N) is 1. The van der Waals surface area contributed by atoms with Crippen LogP contribution in [0.15, 0.2) is 54.6 Å². The Morgan fingerprint density at radius 3 is 2.16 bits per heavy atom. The van der Waals surface area contributed by atoms with Gasteiger partial charge in [0.2, 0.25) is 12.2 Å². The lowest BCUT2D eigenvalue weighted by Crippen LogP contribution is -2.47. The maximum Gasteiger partial charge on any atom is 0.511 e. The van der Waals surface area contributed by atoms with Crippen molar-refractivity contribution in [2.24, 2.45) is 5.41 Å². The molecule has 1 amide bonds. The number of hydrogen-bond donors (Lipinski definition) is 2. The summed E-state index contributed by atoms with van der Waals surface area (Å²) in [5, 5.41) is 16.4. The first-order chi connectivity index (χ1) is 28.5. The highest BCUT2D eigenvalue weighted by Crippen LogP contribution is 2.41. The maximum atomic E-state index is 15.9. The van der Waals surface area contributed by atoms with Crippen molar-refractivity contribution in [3.8, 4) is 11.8 Å². The van der Waals surface area contributed by atoms with Gasteiger partial charge in [0.05, 0.1) is 65.8 Å². The second kappa shape index (κ2) is 22.5. The largest absolute Gasteiger partial charge is 0.511 e. The monoisotopic (exact) mass is 891 g/mol. The van der Waals surface area contributed by atoms with E-state index in [2.05, 4.69) is 16.7 Å². The molecule has 12 nitrogen and oxygen atoms in total. The van der Waals surface area contributed by atoms with Gasteiger partial charge < -0.3 is 39.1 Å². The van der Waals surface area contributed by atoms with Crippen molar-refractivity contribution in [1.82, 2.24) is 5.32 Å². The number of nitriles is 1. The summed E-state index contributed by atoms with van der Waals surface area (Å²) in [4.78, 5) is 40.0. The van der Waals surface area contributed by atoms with Crippen molar-refractivity contribution in [1.29, 1.82) is 5.26 Å². The summed E-state index contributed by atoms with van der Waals surface area (Å²) in [6.07, 6.45) is -0.780. The molecule has 0 saturated heterocycles. The Morgan fingerprint density at radius 2 is 1.54 bits per heavy atom. The van der Waals surface area contributed by atoms with Crippen LogP contribution in [0.3, 0.4) is 0 Å². The number of halogens is 4. The van der Waals surface area contributed by atoms with Crippen LogP contribution in [0.1, 0.15) is 108 Å². The summed E-state index contributed by atoms with van der Waals surface area (Å²) in [5.41, 5.74) is -1.24. The third-order valence-electron chi connectivity index (χ3n) is 9.92. The van der Waals surface area contributed by atoms with Gasteiger partial charge in [0.1, 0.15) is 17.4 Å². The summed E-state index contributed by atoms with van der Waals surface area (Å²) in [7, 11) is 2.95. The molecule has 3 aromatic carbocycles. The Hall–Kier alpha value is -4.52. The lowest BCUT2D eigenvalue weighted by atomic mass is 9.76. The van der Waals surface area contributed by atoms with Gasteiger partial charge in [-0.15, -0.1) is 0 Å². The molecule has 0 aliphatic carbocycles. The van der Waals surface area contributed by atoms with Crippen LogP contribution in [0.5, 0.6) is 5.75 Å². The van der Waals surface area contributed by atoms with E-state index in [1.807, 2.05) is 48.5 Å². The summed E-state index contributed by atoms with van der Waals surface area (Å²) < 4.78 is 63.9. The van der Waals surface area contributed by atoms with E-state index in [9.17, 15) is 19.6 Å². The molecule has 4 unspecified atom stereocenters. The average Bonchev–Trinajstić information content (AvgIpc) is 3.16. The number of carbonyl (C=O) groups excluding carboxylic acids is 3. The van der Waals surface area contributed by atoms with Crippen molar-refractivity contribution in [3.63, 3.8) is 0 Å².